The normalized spacial score (nSPS) is 29.9. The second-order valence-electron chi connectivity index (χ2n) is 9.15. The van der Waals surface area contributed by atoms with E-state index in [0.29, 0.717) is 22.2 Å². The molecule has 1 aliphatic heterocycles. The number of aliphatic hydroxyl groups is 1. The number of hydrogen-bond acceptors (Lipinski definition) is 4. The molecule has 0 radical (unpaired) electrons. The topological polar surface area (TPSA) is 81.1 Å². The average Bonchev–Trinajstić information content (AvgIpc) is 3.47. The fourth-order valence-electron chi connectivity index (χ4n) is 4.58. The standard InChI is InChI=1S/C22H29ClN2O4/c1-22(28)9-6-17(7-10-22)24-11-8-16(20(24)26)12-15-4-5-18(13-19(15)23)25(29)21(27)14-2-3-14/h4-5,13-14,16-17,28-29H,2-3,6-12H2,1H3. The lowest BCUT2D eigenvalue weighted by Gasteiger charge is -2.37. The van der Waals surface area contributed by atoms with Gasteiger partial charge in [-0.1, -0.05) is 17.7 Å². The van der Waals surface area contributed by atoms with Gasteiger partial charge in [0.25, 0.3) is 5.91 Å². The number of likely N-dealkylation sites (tertiary alicyclic amines) is 1. The molecular weight excluding hydrogens is 392 g/mol. The third kappa shape index (κ3) is 4.44. The zero-order chi connectivity index (χ0) is 20.8. The Hall–Kier alpha value is -1.63. The van der Waals surface area contributed by atoms with Crippen LogP contribution in [0.3, 0.4) is 0 Å². The van der Waals surface area contributed by atoms with E-state index in [-0.39, 0.29) is 29.7 Å². The van der Waals surface area contributed by atoms with E-state index in [9.17, 15) is 19.9 Å². The molecule has 3 fully saturated rings. The fourth-order valence-corrected chi connectivity index (χ4v) is 4.83. The van der Waals surface area contributed by atoms with Gasteiger partial charge in [0.15, 0.2) is 0 Å². The summed E-state index contributed by atoms with van der Waals surface area (Å²) in [5, 5.41) is 21.4. The molecule has 0 bridgehead atoms. The summed E-state index contributed by atoms with van der Waals surface area (Å²) >= 11 is 6.41. The van der Waals surface area contributed by atoms with Gasteiger partial charge in [0.1, 0.15) is 0 Å². The lowest BCUT2D eigenvalue weighted by atomic mass is 9.83. The first-order valence-electron chi connectivity index (χ1n) is 10.6. The van der Waals surface area contributed by atoms with Gasteiger partial charge in [-0.2, -0.15) is 5.06 Å². The van der Waals surface area contributed by atoms with Crippen molar-refractivity contribution in [1.29, 1.82) is 0 Å². The average molecular weight is 421 g/mol. The number of anilines is 1. The van der Waals surface area contributed by atoms with Crippen LogP contribution >= 0.6 is 11.6 Å². The molecule has 3 aliphatic rings. The lowest BCUT2D eigenvalue weighted by Crippen LogP contribution is -2.43. The van der Waals surface area contributed by atoms with Crippen LogP contribution in [0.4, 0.5) is 5.69 Å². The third-order valence-electron chi connectivity index (χ3n) is 6.71. The van der Waals surface area contributed by atoms with Crippen molar-refractivity contribution < 1.29 is 19.9 Å². The SMILES string of the molecule is CC1(O)CCC(N2CCC(Cc3ccc(N(O)C(=O)C4CC4)cc3Cl)C2=O)CC1. The van der Waals surface area contributed by atoms with Crippen molar-refractivity contribution >= 4 is 29.1 Å². The van der Waals surface area contributed by atoms with Crippen LogP contribution in [0, 0.1) is 11.8 Å². The summed E-state index contributed by atoms with van der Waals surface area (Å²) in [7, 11) is 0. The van der Waals surface area contributed by atoms with E-state index < -0.39 is 5.60 Å². The van der Waals surface area contributed by atoms with Crippen molar-refractivity contribution in [2.45, 2.75) is 69.9 Å². The molecule has 6 nitrogen and oxygen atoms in total. The van der Waals surface area contributed by atoms with Gasteiger partial charge in [-0.15, -0.1) is 0 Å². The Morgan fingerprint density at radius 1 is 1.24 bits per heavy atom. The molecule has 158 valence electrons. The van der Waals surface area contributed by atoms with Gasteiger partial charge in [-0.05, 0) is 76.0 Å². The van der Waals surface area contributed by atoms with E-state index in [2.05, 4.69) is 0 Å². The van der Waals surface area contributed by atoms with Crippen molar-refractivity contribution in [2.24, 2.45) is 11.8 Å². The Morgan fingerprint density at radius 3 is 2.55 bits per heavy atom. The summed E-state index contributed by atoms with van der Waals surface area (Å²) in [5.41, 5.74) is 0.619. The van der Waals surface area contributed by atoms with Crippen LogP contribution in [-0.4, -0.2) is 45.2 Å². The van der Waals surface area contributed by atoms with E-state index >= 15 is 0 Å². The first-order valence-corrected chi connectivity index (χ1v) is 11.0. The molecule has 2 N–H and O–H groups in total. The van der Waals surface area contributed by atoms with Crippen LogP contribution < -0.4 is 5.06 Å². The predicted molar refractivity (Wildman–Crippen MR) is 110 cm³/mol. The summed E-state index contributed by atoms with van der Waals surface area (Å²) in [5.74, 6) is -0.297. The largest absolute Gasteiger partial charge is 0.390 e. The van der Waals surface area contributed by atoms with Crippen LogP contribution in [-0.2, 0) is 16.0 Å². The van der Waals surface area contributed by atoms with Gasteiger partial charge < -0.3 is 10.0 Å². The quantitative estimate of drug-likeness (QED) is 0.563. The lowest BCUT2D eigenvalue weighted by molar-refractivity contribution is -0.134. The van der Waals surface area contributed by atoms with Crippen LogP contribution in [0.25, 0.3) is 0 Å². The van der Waals surface area contributed by atoms with E-state index in [1.165, 1.54) is 0 Å². The first-order chi connectivity index (χ1) is 13.7. The van der Waals surface area contributed by atoms with Crippen molar-refractivity contribution in [3.63, 3.8) is 0 Å². The number of rotatable bonds is 5. The van der Waals surface area contributed by atoms with Gasteiger partial charge in [-0.3, -0.25) is 14.8 Å². The van der Waals surface area contributed by atoms with Crippen molar-refractivity contribution in [1.82, 2.24) is 4.90 Å². The third-order valence-corrected chi connectivity index (χ3v) is 7.06. The number of hydrogen-bond donors (Lipinski definition) is 2. The number of carbonyl (C=O) groups excluding carboxylic acids is 2. The molecule has 29 heavy (non-hydrogen) atoms. The highest BCUT2D eigenvalue weighted by atomic mass is 35.5. The van der Waals surface area contributed by atoms with E-state index in [4.69, 9.17) is 11.6 Å². The van der Waals surface area contributed by atoms with Gasteiger partial charge in [0.05, 0.1) is 11.3 Å². The van der Waals surface area contributed by atoms with Crippen molar-refractivity contribution in [3.05, 3.63) is 28.8 Å². The monoisotopic (exact) mass is 420 g/mol. The minimum atomic E-state index is -0.602. The van der Waals surface area contributed by atoms with Gasteiger partial charge >= 0.3 is 0 Å². The summed E-state index contributed by atoms with van der Waals surface area (Å²) in [6.45, 7) is 2.63. The number of carbonyl (C=O) groups is 2. The first kappa shape index (κ1) is 20.6. The number of halogens is 1. The van der Waals surface area contributed by atoms with E-state index in [1.54, 1.807) is 18.2 Å². The molecule has 2 saturated carbocycles. The molecule has 0 spiro atoms. The van der Waals surface area contributed by atoms with Crippen molar-refractivity contribution in [2.75, 3.05) is 11.6 Å². The van der Waals surface area contributed by atoms with Gasteiger partial charge in [0, 0.05) is 29.4 Å². The maximum atomic E-state index is 13.0. The van der Waals surface area contributed by atoms with Gasteiger partial charge in [-0.25, -0.2) is 0 Å². The highest BCUT2D eigenvalue weighted by Gasteiger charge is 2.39. The summed E-state index contributed by atoms with van der Waals surface area (Å²) in [6.07, 6.45) is 6.16. The predicted octanol–water partition coefficient (Wildman–Crippen LogP) is 3.56. The summed E-state index contributed by atoms with van der Waals surface area (Å²) in [4.78, 5) is 27.0. The van der Waals surface area contributed by atoms with Gasteiger partial charge in [0.2, 0.25) is 5.91 Å². The minimum absolute atomic E-state index is 0.0796. The van der Waals surface area contributed by atoms with E-state index in [1.807, 2.05) is 11.8 Å². The second kappa shape index (κ2) is 7.89. The van der Waals surface area contributed by atoms with Crippen LogP contribution in [0.5, 0.6) is 0 Å². The fraction of sp³-hybridized carbons (Fsp3) is 0.636. The molecule has 7 heteroatoms. The Morgan fingerprint density at radius 2 is 1.93 bits per heavy atom. The molecule has 1 saturated heterocycles. The second-order valence-corrected chi connectivity index (χ2v) is 9.56. The number of benzene rings is 1. The van der Waals surface area contributed by atoms with Crippen LogP contribution in [0.2, 0.25) is 5.02 Å². The molecule has 1 heterocycles. The van der Waals surface area contributed by atoms with Crippen molar-refractivity contribution in [3.8, 4) is 0 Å². The highest BCUT2D eigenvalue weighted by Crippen LogP contribution is 2.36. The molecule has 0 aromatic heterocycles. The highest BCUT2D eigenvalue weighted by molar-refractivity contribution is 6.31. The maximum absolute atomic E-state index is 13.0. The number of amides is 2. The maximum Gasteiger partial charge on any atom is 0.253 e. The molecule has 4 rings (SSSR count). The van der Waals surface area contributed by atoms with Crippen LogP contribution in [0.1, 0.15) is 57.4 Å². The summed E-state index contributed by atoms with van der Waals surface area (Å²) in [6, 6.07) is 5.30. The molecular formula is C22H29ClN2O4. The molecule has 1 aromatic carbocycles. The zero-order valence-corrected chi connectivity index (χ0v) is 17.6. The molecule has 1 unspecified atom stereocenters. The van der Waals surface area contributed by atoms with E-state index in [0.717, 1.165) is 57.1 Å². The zero-order valence-electron chi connectivity index (χ0n) is 16.8. The molecule has 2 aliphatic carbocycles. The Bertz CT molecular complexity index is 798. The molecule has 2 amide bonds. The molecule has 1 atom stereocenters. The number of nitrogens with zero attached hydrogens (tertiary/aromatic N) is 2. The Balaban J connectivity index is 1.38. The summed E-state index contributed by atoms with van der Waals surface area (Å²) < 4.78 is 0. The number of hydroxylamine groups is 1. The molecule has 1 aromatic rings. The Kier molecular flexibility index (Phi) is 5.62. The minimum Gasteiger partial charge on any atom is -0.390 e. The smallest absolute Gasteiger partial charge is 0.253 e. The van der Waals surface area contributed by atoms with Crippen LogP contribution in [0.15, 0.2) is 18.2 Å². The Labute approximate surface area is 176 Å².